The van der Waals surface area contributed by atoms with Crippen LogP contribution in [0.1, 0.15) is 24.8 Å². The average Bonchev–Trinajstić information content (AvgIpc) is 2.86. The monoisotopic (exact) mass is 292 g/mol. The molecular formula is C14H16N2O3S. The maximum Gasteiger partial charge on any atom is 0.304 e. The molecule has 1 atom stereocenters. The van der Waals surface area contributed by atoms with E-state index >= 15 is 0 Å². The fraction of sp³-hybridized carbons (Fsp3) is 0.286. The minimum Gasteiger partial charge on any atom is -0.388 e. The summed E-state index contributed by atoms with van der Waals surface area (Å²) < 4.78 is 0. The van der Waals surface area contributed by atoms with Crippen LogP contribution in [-0.4, -0.2) is 16.6 Å². The second-order valence-electron chi connectivity index (χ2n) is 4.35. The van der Waals surface area contributed by atoms with Crippen molar-refractivity contribution in [3.8, 4) is 0 Å². The van der Waals surface area contributed by atoms with Gasteiger partial charge in [-0.1, -0.05) is 18.2 Å². The summed E-state index contributed by atoms with van der Waals surface area (Å²) in [5.74, 6) is 0. The van der Waals surface area contributed by atoms with Crippen molar-refractivity contribution in [2.24, 2.45) is 0 Å². The standard InChI is InChI=1S/C14H16N2O3S/c1-3-15(11-7-5-4-6-8-11)14-12(16(18)19)9-13(20-14)10(2)17/h4-10,17H,3H2,1-2H3. The summed E-state index contributed by atoms with van der Waals surface area (Å²) in [6.07, 6.45) is -0.707. The Morgan fingerprint density at radius 1 is 1.40 bits per heavy atom. The summed E-state index contributed by atoms with van der Waals surface area (Å²) in [7, 11) is 0. The molecule has 0 aliphatic carbocycles. The van der Waals surface area contributed by atoms with E-state index in [1.165, 1.54) is 17.4 Å². The molecular weight excluding hydrogens is 276 g/mol. The van der Waals surface area contributed by atoms with E-state index in [2.05, 4.69) is 0 Å². The SMILES string of the molecule is CCN(c1ccccc1)c1sc(C(C)O)cc1[N+](=O)[O-]. The second-order valence-corrected chi connectivity index (χ2v) is 5.41. The predicted molar refractivity (Wildman–Crippen MR) is 80.7 cm³/mol. The van der Waals surface area contributed by atoms with Gasteiger partial charge in [0.2, 0.25) is 0 Å². The van der Waals surface area contributed by atoms with Gasteiger partial charge in [-0.3, -0.25) is 10.1 Å². The number of rotatable bonds is 5. The molecule has 20 heavy (non-hydrogen) atoms. The van der Waals surface area contributed by atoms with Crippen LogP contribution in [-0.2, 0) is 0 Å². The van der Waals surface area contributed by atoms with Gasteiger partial charge in [0.25, 0.3) is 0 Å². The quantitative estimate of drug-likeness (QED) is 0.671. The van der Waals surface area contributed by atoms with Crippen LogP contribution in [0.5, 0.6) is 0 Å². The lowest BCUT2D eigenvalue weighted by atomic mass is 10.2. The van der Waals surface area contributed by atoms with Gasteiger partial charge in [-0.2, -0.15) is 0 Å². The lowest BCUT2D eigenvalue weighted by molar-refractivity contribution is -0.383. The van der Waals surface area contributed by atoms with Crippen molar-refractivity contribution in [3.05, 3.63) is 51.4 Å². The van der Waals surface area contributed by atoms with Crippen LogP contribution in [0.3, 0.4) is 0 Å². The van der Waals surface area contributed by atoms with Crippen LogP contribution in [0.25, 0.3) is 0 Å². The first-order valence-electron chi connectivity index (χ1n) is 6.33. The highest BCUT2D eigenvalue weighted by Crippen LogP contribution is 2.42. The van der Waals surface area contributed by atoms with Crippen molar-refractivity contribution in [1.82, 2.24) is 0 Å². The van der Waals surface area contributed by atoms with Crippen molar-refractivity contribution >= 4 is 27.7 Å². The predicted octanol–water partition coefficient (Wildman–Crippen LogP) is 3.87. The van der Waals surface area contributed by atoms with E-state index < -0.39 is 11.0 Å². The van der Waals surface area contributed by atoms with E-state index in [1.54, 1.807) is 6.92 Å². The molecule has 0 bridgehead atoms. The average molecular weight is 292 g/mol. The Hall–Kier alpha value is -1.92. The largest absolute Gasteiger partial charge is 0.388 e. The molecule has 1 aromatic heterocycles. The first-order valence-corrected chi connectivity index (χ1v) is 7.15. The van der Waals surface area contributed by atoms with E-state index in [-0.39, 0.29) is 5.69 Å². The molecule has 1 N–H and O–H groups in total. The Balaban J connectivity index is 2.51. The van der Waals surface area contributed by atoms with Crippen LogP contribution in [0.4, 0.5) is 16.4 Å². The molecule has 1 heterocycles. The smallest absolute Gasteiger partial charge is 0.304 e. The Morgan fingerprint density at radius 3 is 2.55 bits per heavy atom. The third kappa shape index (κ3) is 2.81. The Bertz CT molecular complexity index is 596. The van der Waals surface area contributed by atoms with Gasteiger partial charge in [0, 0.05) is 23.2 Å². The van der Waals surface area contributed by atoms with Crippen LogP contribution < -0.4 is 4.90 Å². The Morgan fingerprint density at radius 2 is 2.05 bits per heavy atom. The van der Waals surface area contributed by atoms with Crippen LogP contribution in [0.2, 0.25) is 0 Å². The zero-order chi connectivity index (χ0) is 14.7. The molecule has 0 spiro atoms. The topological polar surface area (TPSA) is 66.6 Å². The highest BCUT2D eigenvalue weighted by Gasteiger charge is 2.25. The Kier molecular flexibility index (Phi) is 4.36. The minimum atomic E-state index is -0.707. The van der Waals surface area contributed by atoms with Gasteiger partial charge in [0.1, 0.15) is 0 Å². The first kappa shape index (κ1) is 14.5. The van der Waals surface area contributed by atoms with E-state index in [9.17, 15) is 15.2 Å². The number of anilines is 2. The molecule has 0 saturated heterocycles. The summed E-state index contributed by atoms with van der Waals surface area (Å²) in [6, 6.07) is 11.0. The highest BCUT2D eigenvalue weighted by atomic mass is 32.1. The number of benzene rings is 1. The highest BCUT2D eigenvalue weighted by molar-refractivity contribution is 7.16. The van der Waals surface area contributed by atoms with Crippen LogP contribution >= 0.6 is 11.3 Å². The van der Waals surface area contributed by atoms with Crippen molar-refractivity contribution in [1.29, 1.82) is 0 Å². The van der Waals surface area contributed by atoms with E-state index in [0.717, 1.165) is 5.69 Å². The number of para-hydroxylation sites is 1. The second kappa shape index (κ2) is 6.02. The van der Waals surface area contributed by atoms with Gasteiger partial charge in [-0.25, -0.2) is 0 Å². The van der Waals surface area contributed by atoms with E-state index in [1.807, 2.05) is 42.2 Å². The third-order valence-electron chi connectivity index (χ3n) is 2.95. The van der Waals surface area contributed by atoms with Crippen molar-refractivity contribution < 1.29 is 10.0 Å². The zero-order valence-electron chi connectivity index (χ0n) is 11.3. The fourth-order valence-corrected chi connectivity index (χ4v) is 3.12. The van der Waals surface area contributed by atoms with E-state index in [4.69, 9.17) is 0 Å². The maximum atomic E-state index is 11.2. The van der Waals surface area contributed by atoms with Gasteiger partial charge in [-0.15, -0.1) is 11.3 Å². The molecule has 1 unspecified atom stereocenters. The van der Waals surface area contributed by atoms with Crippen molar-refractivity contribution in [2.75, 3.05) is 11.4 Å². The zero-order valence-corrected chi connectivity index (χ0v) is 12.1. The number of aliphatic hydroxyl groups is 1. The van der Waals surface area contributed by atoms with Gasteiger partial charge in [0.05, 0.1) is 11.0 Å². The lowest BCUT2D eigenvalue weighted by Gasteiger charge is -2.20. The van der Waals surface area contributed by atoms with Crippen LogP contribution in [0, 0.1) is 10.1 Å². The van der Waals surface area contributed by atoms with Gasteiger partial charge >= 0.3 is 5.69 Å². The summed E-state index contributed by atoms with van der Waals surface area (Å²) >= 11 is 1.26. The lowest BCUT2D eigenvalue weighted by Crippen LogP contribution is -2.15. The van der Waals surface area contributed by atoms with Gasteiger partial charge < -0.3 is 10.0 Å². The number of thiophene rings is 1. The molecule has 0 amide bonds. The summed E-state index contributed by atoms with van der Waals surface area (Å²) in [5, 5.41) is 21.4. The molecule has 0 fully saturated rings. The molecule has 2 rings (SSSR count). The number of hydrogen-bond donors (Lipinski definition) is 1. The minimum absolute atomic E-state index is 0.0385. The van der Waals surface area contributed by atoms with Gasteiger partial charge in [0.15, 0.2) is 5.00 Å². The molecule has 6 heteroatoms. The molecule has 5 nitrogen and oxygen atoms in total. The molecule has 0 radical (unpaired) electrons. The normalized spacial score (nSPS) is 12.2. The summed E-state index contributed by atoms with van der Waals surface area (Å²) in [6.45, 7) is 4.17. The summed E-state index contributed by atoms with van der Waals surface area (Å²) in [5.41, 5.74) is 0.939. The first-order chi connectivity index (χ1) is 9.54. The van der Waals surface area contributed by atoms with Crippen molar-refractivity contribution in [2.45, 2.75) is 20.0 Å². The molecule has 0 aliphatic heterocycles. The fourth-order valence-electron chi connectivity index (χ4n) is 1.97. The number of aliphatic hydroxyl groups excluding tert-OH is 1. The molecule has 2 aromatic rings. The number of nitrogens with zero attached hydrogens (tertiary/aromatic N) is 2. The third-order valence-corrected chi connectivity index (χ3v) is 4.27. The Labute approximate surface area is 121 Å². The van der Waals surface area contributed by atoms with Crippen LogP contribution in [0.15, 0.2) is 36.4 Å². The van der Waals surface area contributed by atoms with E-state index in [0.29, 0.717) is 16.4 Å². The molecule has 0 aliphatic rings. The van der Waals surface area contributed by atoms with Gasteiger partial charge in [-0.05, 0) is 26.0 Å². The molecule has 106 valence electrons. The van der Waals surface area contributed by atoms with Crippen molar-refractivity contribution in [3.63, 3.8) is 0 Å². The maximum absolute atomic E-state index is 11.2. The number of hydrogen-bond acceptors (Lipinski definition) is 5. The molecule has 0 saturated carbocycles. The molecule has 1 aromatic carbocycles. The summed E-state index contributed by atoms with van der Waals surface area (Å²) in [4.78, 5) is 13.3. The number of nitro groups is 1.